The molecule has 0 radical (unpaired) electrons. The van der Waals surface area contributed by atoms with Crippen molar-refractivity contribution in [1.29, 1.82) is 0 Å². The highest BCUT2D eigenvalue weighted by atomic mass is 35.5. The molecular formula is C17H19ClF3N3O3S3. The predicted octanol–water partition coefficient (Wildman–Crippen LogP) is 4.40. The van der Waals surface area contributed by atoms with Gasteiger partial charge in [-0.3, -0.25) is 0 Å². The molecule has 0 amide bonds. The Morgan fingerprint density at radius 2 is 2.10 bits per heavy atom. The second kappa shape index (κ2) is 10.2. The van der Waals surface area contributed by atoms with Gasteiger partial charge in [0.2, 0.25) is 0 Å². The van der Waals surface area contributed by atoms with Crippen LogP contribution in [0.5, 0.6) is 0 Å². The number of anilines is 1. The fraction of sp³-hybridized carbons (Fsp3) is 0.471. The van der Waals surface area contributed by atoms with Gasteiger partial charge in [-0.15, -0.1) is 0 Å². The smallest absolute Gasteiger partial charge is 0.389 e. The predicted molar refractivity (Wildman–Crippen MR) is 116 cm³/mol. The third-order valence-corrected chi connectivity index (χ3v) is 7.66. The lowest BCUT2D eigenvalue weighted by molar-refractivity contribution is -0.604. The maximum Gasteiger partial charge on any atom is 0.389 e. The molecule has 0 aromatic carbocycles. The van der Waals surface area contributed by atoms with Crippen LogP contribution in [0.4, 0.5) is 18.2 Å². The van der Waals surface area contributed by atoms with Crippen LogP contribution in [0.2, 0.25) is 5.15 Å². The first kappa shape index (κ1) is 24.8. The van der Waals surface area contributed by atoms with E-state index >= 15 is 0 Å². The van der Waals surface area contributed by atoms with Crippen LogP contribution in [0.15, 0.2) is 24.5 Å². The van der Waals surface area contributed by atoms with Crippen molar-refractivity contribution >= 4 is 55.0 Å². The number of nitrogens with zero attached hydrogens (tertiary/aromatic N) is 3. The van der Waals surface area contributed by atoms with Gasteiger partial charge in [-0.1, -0.05) is 35.2 Å². The molecule has 0 saturated heterocycles. The Labute approximate surface area is 186 Å². The van der Waals surface area contributed by atoms with Crippen molar-refractivity contribution in [3.05, 3.63) is 34.9 Å². The fourth-order valence-electron chi connectivity index (χ4n) is 2.57. The number of rotatable bonds is 9. The van der Waals surface area contributed by atoms with E-state index in [1.54, 1.807) is 24.0 Å². The molecule has 2 aromatic rings. The molecule has 2 heterocycles. The van der Waals surface area contributed by atoms with Gasteiger partial charge in [0.25, 0.3) is 0 Å². The molecule has 0 N–H and O–H groups in total. The maximum atomic E-state index is 12.2. The number of alkyl halides is 3. The minimum absolute atomic E-state index is 0.0208. The van der Waals surface area contributed by atoms with Crippen LogP contribution in [0.3, 0.4) is 0 Å². The molecule has 0 aliphatic heterocycles. The molecular weight excluding hydrogens is 483 g/mol. The van der Waals surface area contributed by atoms with Gasteiger partial charge in [-0.05, 0) is 19.4 Å². The molecule has 0 bridgehead atoms. The zero-order valence-corrected chi connectivity index (χ0v) is 19.1. The van der Waals surface area contributed by atoms with E-state index in [0.29, 0.717) is 31.8 Å². The lowest BCUT2D eigenvalue weighted by Crippen LogP contribution is -2.30. The first-order valence-electron chi connectivity index (χ1n) is 8.85. The molecule has 13 heteroatoms. The molecule has 0 fully saturated rings. The van der Waals surface area contributed by atoms with Crippen molar-refractivity contribution in [3.8, 4) is 10.6 Å². The summed E-state index contributed by atoms with van der Waals surface area (Å²) in [6.07, 6.45) is -3.33. The Morgan fingerprint density at radius 3 is 2.70 bits per heavy atom. The maximum absolute atomic E-state index is 12.2. The standard InChI is InChI=1S/C17H19ClF3N3O3S3/c1-2-24(13(28)6-10-30(26,27)9-4-7-17(19,20)21)16-14(18)22-15(29-16)12-5-3-8-23(25)11-12/h3,5,8,11H,2,4,6-7,9-10H2,1H3. The van der Waals surface area contributed by atoms with Gasteiger partial charge < -0.3 is 10.1 Å². The second-order valence-electron chi connectivity index (χ2n) is 6.33. The SMILES string of the molecule is CCN(C(=S)CCS(=O)(=O)CCCC(F)(F)F)c1sc(-c2ccc[n+]([O-])c2)nc1Cl. The first-order chi connectivity index (χ1) is 13.9. The highest BCUT2D eigenvalue weighted by Crippen LogP contribution is 2.37. The molecule has 6 nitrogen and oxygen atoms in total. The van der Waals surface area contributed by atoms with Crippen LogP contribution in [0, 0.1) is 5.21 Å². The van der Waals surface area contributed by atoms with Gasteiger partial charge in [-0.2, -0.15) is 17.9 Å². The number of halogens is 4. The van der Waals surface area contributed by atoms with E-state index in [4.69, 9.17) is 23.8 Å². The Bertz CT molecular complexity index is 997. The summed E-state index contributed by atoms with van der Waals surface area (Å²) >= 11 is 12.8. The lowest BCUT2D eigenvalue weighted by Gasteiger charge is -2.22. The van der Waals surface area contributed by atoms with Gasteiger partial charge in [-0.25, -0.2) is 13.4 Å². The fourth-order valence-corrected chi connectivity index (χ4v) is 5.76. The third-order valence-electron chi connectivity index (χ3n) is 4.00. The van der Waals surface area contributed by atoms with Crippen molar-refractivity contribution in [3.63, 3.8) is 0 Å². The Morgan fingerprint density at radius 1 is 1.40 bits per heavy atom. The van der Waals surface area contributed by atoms with E-state index in [0.717, 1.165) is 0 Å². The van der Waals surface area contributed by atoms with Crippen molar-refractivity contribution in [2.24, 2.45) is 0 Å². The average molecular weight is 502 g/mol. The average Bonchev–Trinajstić information content (AvgIpc) is 3.01. The van der Waals surface area contributed by atoms with Crippen molar-refractivity contribution in [1.82, 2.24) is 4.98 Å². The number of pyridine rings is 1. The topological polar surface area (TPSA) is 77.2 Å². The van der Waals surface area contributed by atoms with Gasteiger partial charge in [0.1, 0.15) is 10.0 Å². The molecule has 0 spiro atoms. The molecule has 0 atom stereocenters. The summed E-state index contributed by atoms with van der Waals surface area (Å²) in [6, 6.07) is 3.28. The largest absolute Gasteiger partial charge is 0.619 e. The number of hydrogen-bond donors (Lipinski definition) is 0. The monoisotopic (exact) mass is 501 g/mol. The van der Waals surface area contributed by atoms with Gasteiger partial charge in [0, 0.05) is 25.5 Å². The molecule has 166 valence electrons. The highest BCUT2D eigenvalue weighted by Gasteiger charge is 2.28. The molecule has 2 aromatic heterocycles. The number of thiazole rings is 1. The normalized spacial score (nSPS) is 12.2. The van der Waals surface area contributed by atoms with Gasteiger partial charge >= 0.3 is 6.18 Å². The zero-order chi connectivity index (χ0) is 22.5. The summed E-state index contributed by atoms with van der Waals surface area (Å²) < 4.78 is 61.4. The van der Waals surface area contributed by atoms with Gasteiger partial charge in [0.05, 0.1) is 22.1 Å². The van der Waals surface area contributed by atoms with E-state index < -0.39 is 34.6 Å². The van der Waals surface area contributed by atoms with Crippen LogP contribution >= 0.6 is 35.2 Å². The van der Waals surface area contributed by atoms with Gasteiger partial charge in [0.15, 0.2) is 27.4 Å². The molecule has 0 saturated carbocycles. The van der Waals surface area contributed by atoms with Crippen LogP contribution in [-0.4, -0.2) is 42.6 Å². The summed E-state index contributed by atoms with van der Waals surface area (Å²) in [5.74, 6) is -0.895. The number of sulfone groups is 1. The Kier molecular flexibility index (Phi) is 8.43. The summed E-state index contributed by atoms with van der Waals surface area (Å²) in [7, 11) is -3.67. The minimum Gasteiger partial charge on any atom is -0.619 e. The van der Waals surface area contributed by atoms with Crippen molar-refractivity contribution in [2.45, 2.75) is 32.4 Å². The first-order valence-corrected chi connectivity index (χ1v) is 12.3. The van der Waals surface area contributed by atoms with E-state index in [1.807, 2.05) is 0 Å². The van der Waals surface area contributed by atoms with Crippen LogP contribution < -0.4 is 9.63 Å². The van der Waals surface area contributed by atoms with E-state index in [2.05, 4.69) is 4.98 Å². The second-order valence-corrected chi connectivity index (χ2v) is 10.4. The van der Waals surface area contributed by atoms with Crippen molar-refractivity contribution in [2.75, 3.05) is 23.0 Å². The molecule has 0 unspecified atom stereocenters. The molecule has 0 aliphatic rings. The molecule has 30 heavy (non-hydrogen) atoms. The summed E-state index contributed by atoms with van der Waals surface area (Å²) in [4.78, 5) is 6.18. The van der Waals surface area contributed by atoms with E-state index in [1.165, 1.54) is 23.7 Å². The Balaban J connectivity index is 2.06. The number of thiocarbonyl (C=S) groups is 1. The van der Waals surface area contributed by atoms with Crippen LogP contribution in [-0.2, 0) is 9.84 Å². The Hall–Kier alpha value is -1.50. The van der Waals surface area contributed by atoms with E-state index in [-0.39, 0.29) is 17.3 Å². The summed E-state index contributed by atoms with van der Waals surface area (Å²) in [6.45, 7) is 2.19. The quantitative estimate of drug-likeness (QED) is 0.288. The molecule has 2 rings (SSSR count). The summed E-state index contributed by atoms with van der Waals surface area (Å²) in [5, 5.41) is 12.6. The lowest BCUT2D eigenvalue weighted by atomic mass is 10.3. The van der Waals surface area contributed by atoms with Crippen LogP contribution in [0.1, 0.15) is 26.2 Å². The third kappa shape index (κ3) is 7.33. The highest BCUT2D eigenvalue weighted by molar-refractivity contribution is 7.91. The number of aromatic nitrogens is 2. The van der Waals surface area contributed by atoms with E-state index in [9.17, 15) is 26.8 Å². The van der Waals surface area contributed by atoms with Crippen LogP contribution in [0.25, 0.3) is 10.6 Å². The minimum atomic E-state index is -4.38. The van der Waals surface area contributed by atoms with Crippen molar-refractivity contribution < 1.29 is 26.3 Å². The molecule has 0 aliphatic carbocycles. The zero-order valence-electron chi connectivity index (χ0n) is 15.9. The summed E-state index contributed by atoms with van der Waals surface area (Å²) in [5.41, 5.74) is 0.569. The number of hydrogen-bond acceptors (Lipinski definition) is 6.